The third-order valence-corrected chi connectivity index (χ3v) is 5.35. The molecule has 3 rings (SSSR count). The van der Waals surface area contributed by atoms with Gasteiger partial charge >= 0.3 is 0 Å². The van der Waals surface area contributed by atoms with Crippen LogP contribution in [0.5, 0.6) is 0 Å². The van der Waals surface area contributed by atoms with Gasteiger partial charge in [-0.25, -0.2) is 9.37 Å². The molecule has 0 spiro atoms. The number of nitrogens with zero attached hydrogens (tertiary/aromatic N) is 2. The van der Waals surface area contributed by atoms with Gasteiger partial charge in [-0.3, -0.25) is 9.89 Å². The number of hydrogen-bond acceptors (Lipinski definition) is 4. The molecule has 7 heteroatoms. The Bertz CT molecular complexity index is 753. The predicted molar refractivity (Wildman–Crippen MR) is 102 cm³/mol. The second kappa shape index (κ2) is 8.98. The second-order valence-corrected chi connectivity index (χ2v) is 7.80. The van der Waals surface area contributed by atoms with E-state index >= 15 is 0 Å². The van der Waals surface area contributed by atoms with Crippen molar-refractivity contribution in [3.63, 3.8) is 0 Å². The molecule has 0 bridgehead atoms. The van der Waals surface area contributed by atoms with Crippen molar-refractivity contribution in [2.24, 2.45) is 0 Å². The highest BCUT2D eigenvalue weighted by atomic mass is 32.2. The number of benzene rings is 1. The molecule has 0 saturated heterocycles. The van der Waals surface area contributed by atoms with Gasteiger partial charge in [0.25, 0.3) is 0 Å². The standard InChI is InChI=1S/C19H23FN4OS/c1-13(18(25)21-16-5-3-2-4-6-16)26-19-22-17(23-24-19)12-9-14-7-10-15(20)11-8-14/h7-13,16H,2-6H2,1H3,(H,21,25)(H,22,23,24)/b12-9+. The lowest BCUT2D eigenvalue weighted by atomic mass is 9.95. The molecule has 1 aromatic carbocycles. The Balaban J connectivity index is 1.52. The Morgan fingerprint density at radius 2 is 2.00 bits per heavy atom. The van der Waals surface area contributed by atoms with Crippen molar-refractivity contribution in [2.45, 2.75) is 55.5 Å². The lowest BCUT2D eigenvalue weighted by molar-refractivity contribution is -0.121. The predicted octanol–water partition coefficient (Wildman–Crippen LogP) is 4.04. The Morgan fingerprint density at radius 3 is 2.73 bits per heavy atom. The van der Waals surface area contributed by atoms with Crippen LogP contribution in [0.4, 0.5) is 4.39 Å². The number of carbonyl (C=O) groups is 1. The number of rotatable bonds is 6. The minimum absolute atomic E-state index is 0.0371. The zero-order valence-corrected chi connectivity index (χ0v) is 15.6. The van der Waals surface area contributed by atoms with Gasteiger partial charge in [0, 0.05) is 6.04 Å². The maximum Gasteiger partial charge on any atom is 0.233 e. The van der Waals surface area contributed by atoms with Gasteiger partial charge in [0.1, 0.15) is 11.6 Å². The summed E-state index contributed by atoms with van der Waals surface area (Å²) in [5, 5.41) is 10.4. The molecule has 26 heavy (non-hydrogen) atoms. The van der Waals surface area contributed by atoms with Crippen LogP contribution >= 0.6 is 11.8 Å². The molecular formula is C19H23FN4OS. The van der Waals surface area contributed by atoms with Crippen LogP contribution in [-0.4, -0.2) is 32.4 Å². The molecule has 1 aliphatic carbocycles. The summed E-state index contributed by atoms with van der Waals surface area (Å²) in [6, 6.07) is 6.51. The average Bonchev–Trinajstić information content (AvgIpc) is 3.09. The number of hydrogen-bond donors (Lipinski definition) is 2. The lowest BCUT2D eigenvalue weighted by Crippen LogP contribution is -2.40. The van der Waals surface area contributed by atoms with Gasteiger partial charge in [-0.15, -0.1) is 5.10 Å². The Labute approximate surface area is 156 Å². The minimum atomic E-state index is -0.263. The van der Waals surface area contributed by atoms with E-state index in [4.69, 9.17) is 0 Å². The van der Waals surface area contributed by atoms with E-state index in [9.17, 15) is 9.18 Å². The number of carbonyl (C=O) groups excluding carboxylic acids is 1. The number of aromatic amines is 1. The van der Waals surface area contributed by atoms with Gasteiger partial charge in [0.05, 0.1) is 5.25 Å². The average molecular weight is 374 g/mol. The van der Waals surface area contributed by atoms with Crippen molar-refractivity contribution < 1.29 is 9.18 Å². The van der Waals surface area contributed by atoms with E-state index in [1.54, 1.807) is 18.2 Å². The third-order valence-electron chi connectivity index (χ3n) is 4.39. The smallest absolute Gasteiger partial charge is 0.233 e. The van der Waals surface area contributed by atoms with Crippen molar-refractivity contribution in [2.75, 3.05) is 0 Å². The molecule has 1 aliphatic rings. The van der Waals surface area contributed by atoms with E-state index in [1.807, 2.05) is 13.0 Å². The summed E-state index contributed by atoms with van der Waals surface area (Å²) in [7, 11) is 0. The molecule has 0 aliphatic heterocycles. The molecule has 1 amide bonds. The van der Waals surface area contributed by atoms with Crippen molar-refractivity contribution >= 4 is 29.8 Å². The van der Waals surface area contributed by atoms with Gasteiger partial charge in [-0.2, -0.15) is 0 Å². The molecule has 5 nitrogen and oxygen atoms in total. The van der Waals surface area contributed by atoms with E-state index in [1.165, 1.54) is 43.2 Å². The van der Waals surface area contributed by atoms with Crippen LogP contribution < -0.4 is 5.32 Å². The maximum absolute atomic E-state index is 12.9. The van der Waals surface area contributed by atoms with Crippen molar-refractivity contribution in [3.8, 4) is 0 Å². The fourth-order valence-corrected chi connectivity index (χ4v) is 3.65. The number of amides is 1. The molecule has 2 aromatic rings. The zero-order chi connectivity index (χ0) is 18.4. The van der Waals surface area contributed by atoms with Gasteiger partial charge in [0.15, 0.2) is 0 Å². The fourth-order valence-electron chi connectivity index (χ4n) is 2.91. The lowest BCUT2D eigenvalue weighted by Gasteiger charge is -2.24. The monoisotopic (exact) mass is 374 g/mol. The van der Waals surface area contributed by atoms with E-state index in [0.29, 0.717) is 17.0 Å². The maximum atomic E-state index is 12.9. The van der Waals surface area contributed by atoms with Crippen LogP contribution in [0.25, 0.3) is 12.2 Å². The topological polar surface area (TPSA) is 70.7 Å². The number of thioether (sulfide) groups is 1. The summed E-state index contributed by atoms with van der Waals surface area (Å²) >= 11 is 1.34. The summed E-state index contributed by atoms with van der Waals surface area (Å²) in [5.74, 6) is 0.368. The molecule has 1 aromatic heterocycles. The Morgan fingerprint density at radius 1 is 1.27 bits per heavy atom. The van der Waals surface area contributed by atoms with Crippen molar-refractivity contribution in [1.82, 2.24) is 20.5 Å². The van der Waals surface area contributed by atoms with Crippen LogP contribution in [0.1, 0.15) is 50.4 Å². The number of nitrogens with one attached hydrogen (secondary N) is 2. The summed E-state index contributed by atoms with van der Waals surface area (Å²) in [5.41, 5.74) is 0.872. The quantitative estimate of drug-likeness (QED) is 0.749. The zero-order valence-electron chi connectivity index (χ0n) is 14.7. The normalized spacial score (nSPS) is 16.7. The summed E-state index contributed by atoms with van der Waals surface area (Å²) in [6.45, 7) is 1.87. The fraction of sp³-hybridized carbons (Fsp3) is 0.421. The van der Waals surface area contributed by atoms with Crippen molar-refractivity contribution in [1.29, 1.82) is 0 Å². The minimum Gasteiger partial charge on any atom is -0.352 e. The van der Waals surface area contributed by atoms with Gasteiger partial charge < -0.3 is 5.32 Å². The molecule has 1 atom stereocenters. The number of H-pyrrole nitrogens is 1. The van der Waals surface area contributed by atoms with Gasteiger partial charge in [0.2, 0.25) is 11.1 Å². The van der Waals surface area contributed by atoms with Gasteiger partial charge in [-0.1, -0.05) is 49.2 Å². The molecule has 1 heterocycles. The third kappa shape index (κ3) is 5.42. The van der Waals surface area contributed by atoms with Crippen molar-refractivity contribution in [3.05, 3.63) is 41.5 Å². The highest BCUT2D eigenvalue weighted by Crippen LogP contribution is 2.22. The van der Waals surface area contributed by atoms with E-state index in [2.05, 4.69) is 20.5 Å². The summed E-state index contributed by atoms with van der Waals surface area (Å²) in [6.07, 6.45) is 9.39. The molecule has 2 N–H and O–H groups in total. The molecule has 138 valence electrons. The highest BCUT2D eigenvalue weighted by molar-refractivity contribution is 8.00. The SMILES string of the molecule is CC(Sc1n[nH]c(/C=C/c2ccc(F)cc2)n1)C(=O)NC1CCCCC1. The molecule has 1 fully saturated rings. The molecule has 1 unspecified atom stereocenters. The van der Waals surface area contributed by atoms with Crippen LogP contribution in [0.15, 0.2) is 29.4 Å². The molecule has 1 saturated carbocycles. The van der Waals surface area contributed by atoms with Crippen LogP contribution in [0.2, 0.25) is 0 Å². The van der Waals surface area contributed by atoms with Crippen LogP contribution in [-0.2, 0) is 4.79 Å². The highest BCUT2D eigenvalue weighted by Gasteiger charge is 2.21. The largest absolute Gasteiger partial charge is 0.352 e. The molecular weight excluding hydrogens is 351 g/mol. The van der Waals surface area contributed by atoms with Crippen LogP contribution in [0, 0.1) is 5.82 Å². The number of aromatic nitrogens is 3. The van der Waals surface area contributed by atoms with E-state index < -0.39 is 0 Å². The first-order valence-electron chi connectivity index (χ1n) is 8.93. The first kappa shape index (κ1) is 18.6. The van der Waals surface area contributed by atoms with E-state index in [0.717, 1.165) is 18.4 Å². The summed E-state index contributed by atoms with van der Waals surface area (Å²) in [4.78, 5) is 16.7. The summed E-state index contributed by atoms with van der Waals surface area (Å²) < 4.78 is 12.9. The second-order valence-electron chi connectivity index (χ2n) is 6.49. The van der Waals surface area contributed by atoms with Gasteiger partial charge in [-0.05, 0) is 43.5 Å². The Hall–Kier alpha value is -2.15. The Kier molecular flexibility index (Phi) is 6.44. The van der Waals surface area contributed by atoms with Crippen LogP contribution in [0.3, 0.4) is 0 Å². The molecule has 0 radical (unpaired) electrons. The van der Waals surface area contributed by atoms with E-state index in [-0.39, 0.29) is 17.0 Å². The first-order valence-corrected chi connectivity index (χ1v) is 9.81. The first-order chi connectivity index (χ1) is 12.6. The number of halogens is 1.